The van der Waals surface area contributed by atoms with E-state index in [1.807, 2.05) is 6.92 Å². The predicted molar refractivity (Wildman–Crippen MR) is 76.6 cm³/mol. The highest BCUT2D eigenvalue weighted by molar-refractivity contribution is 5.99. The molecule has 2 fully saturated rings. The lowest BCUT2D eigenvalue weighted by Crippen LogP contribution is -2.40. The Hall–Kier alpha value is -1.65. The third kappa shape index (κ3) is 2.61. The van der Waals surface area contributed by atoms with E-state index in [9.17, 15) is 13.6 Å². The van der Waals surface area contributed by atoms with Gasteiger partial charge in [-0.3, -0.25) is 4.79 Å². The van der Waals surface area contributed by atoms with E-state index in [0.29, 0.717) is 11.8 Å². The molecule has 0 saturated heterocycles. The molecule has 3 rings (SSSR count). The first-order valence-electron chi connectivity index (χ1n) is 7.51. The van der Waals surface area contributed by atoms with Gasteiger partial charge in [0.1, 0.15) is 0 Å². The van der Waals surface area contributed by atoms with Crippen LogP contribution in [0, 0.1) is 29.4 Å². The van der Waals surface area contributed by atoms with Crippen LogP contribution >= 0.6 is 0 Å². The quantitative estimate of drug-likeness (QED) is 0.842. The molecule has 3 nitrogen and oxygen atoms in total. The number of hydrogen-bond donors (Lipinski definition) is 2. The first kappa shape index (κ1) is 14.3. The van der Waals surface area contributed by atoms with E-state index in [0.717, 1.165) is 24.5 Å². The van der Waals surface area contributed by atoms with Crippen molar-refractivity contribution in [1.82, 2.24) is 5.32 Å². The van der Waals surface area contributed by atoms with Gasteiger partial charge in [-0.15, -0.1) is 0 Å². The van der Waals surface area contributed by atoms with Crippen molar-refractivity contribution in [2.24, 2.45) is 17.8 Å². The van der Waals surface area contributed by atoms with Crippen molar-refractivity contribution in [2.45, 2.75) is 38.6 Å². The van der Waals surface area contributed by atoms with Crippen LogP contribution in [0.4, 0.5) is 14.5 Å². The van der Waals surface area contributed by atoms with Crippen LogP contribution in [0.1, 0.15) is 43.0 Å². The second kappa shape index (κ2) is 5.28. The Morgan fingerprint density at radius 1 is 1.29 bits per heavy atom. The Balaban J connectivity index is 1.70. The van der Waals surface area contributed by atoms with E-state index < -0.39 is 17.5 Å². The van der Waals surface area contributed by atoms with Gasteiger partial charge in [0.15, 0.2) is 11.6 Å². The number of anilines is 1. The van der Waals surface area contributed by atoms with Crippen molar-refractivity contribution in [2.75, 3.05) is 5.73 Å². The van der Waals surface area contributed by atoms with Gasteiger partial charge in [-0.05, 0) is 50.0 Å². The largest absolute Gasteiger partial charge is 0.398 e. The fourth-order valence-corrected chi connectivity index (χ4v) is 4.06. The van der Waals surface area contributed by atoms with Gasteiger partial charge in [-0.2, -0.15) is 0 Å². The fourth-order valence-electron chi connectivity index (χ4n) is 4.06. The summed E-state index contributed by atoms with van der Waals surface area (Å²) in [6.45, 7) is 1.99. The van der Waals surface area contributed by atoms with E-state index in [4.69, 9.17) is 5.73 Å². The van der Waals surface area contributed by atoms with E-state index in [1.54, 1.807) is 0 Å². The lowest BCUT2D eigenvalue weighted by Gasteiger charge is -2.28. The van der Waals surface area contributed by atoms with E-state index >= 15 is 0 Å². The molecule has 1 amide bonds. The Labute approximate surface area is 122 Å². The van der Waals surface area contributed by atoms with Crippen LogP contribution in [0.25, 0.3) is 0 Å². The maximum absolute atomic E-state index is 13.3. The maximum atomic E-state index is 13.3. The molecule has 21 heavy (non-hydrogen) atoms. The third-order valence-corrected chi connectivity index (χ3v) is 5.13. The highest BCUT2D eigenvalue weighted by Crippen LogP contribution is 2.49. The number of rotatable bonds is 3. The maximum Gasteiger partial charge on any atom is 0.253 e. The van der Waals surface area contributed by atoms with Gasteiger partial charge >= 0.3 is 0 Å². The number of benzene rings is 1. The second-order valence-electron chi connectivity index (χ2n) is 6.45. The molecule has 0 aromatic heterocycles. The highest BCUT2D eigenvalue weighted by atomic mass is 19.2. The molecule has 5 heteroatoms. The standard InChI is InChI=1S/C16H20F2N2O/c1-8(11-5-9-2-3-10(11)4-9)20-16(21)12-6-13(17)14(18)7-15(12)19/h6-11H,2-5,19H2,1H3,(H,20,21). The molecule has 2 bridgehead atoms. The van der Waals surface area contributed by atoms with Crippen LogP contribution in [-0.4, -0.2) is 11.9 Å². The van der Waals surface area contributed by atoms with E-state index in [1.165, 1.54) is 19.3 Å². The monoisotopic (exact) mass is 294 g/mol. The SMILES string of the molecule is CC(NC(=O)c1cc(F)c(F)cc1N)C1CC2CCC1C2. The minimum absolute atomic E-state index is 0.00362. The molecule has 2 saturated carbocycles. The van der Waals surface area contributed by atoms with Gasteiger partial charge in [0.25, 0.3) is 5.91 Å². The molecule has 0 radical (unpaired) electrons. The van der Waals surface area contributed by atoms with Crippen LogP contribution in [0.5, 0.6) is 0 Å². The minimum Gasteiger partial charge on any atom is -0.398 e. The van der Waals surface area contributed by atoms with Crippen molar-refractivity contribution in [3.8, 4) is 0 Å². The van der Waals surface area contributed by atoms with Gasteiger partial charge in [-0.1, -0.05) is 6.42 Å². The average Bonchev–Trinajstić information content (AvgIpc) is 3.05. The summed E-state index contributed by atoms with van der Waals surface area (Å²) in [5, 5.41) is 2.90. The summed E-state index contributed by atoms with van der Waals surface area (Å²) in [6.07, 6.45) is 4.96. The number of nitrogen functional groups attached to an aromatic ring is 1. The molecule has 0 aliphatic heterocycles. The Kier molecular flexibility index (Phi) is 3.59. The Morgan fingerprint density at radius 3 is 2.62 bits per heavy atom. The third-order valence-electron chi connectivity index (χ3n) is 5.13. The van der Waals surface area contributed by atoms with Gasteiger partial charge in [0.2, 0.25) is 0 Å². The molecule has 1 aromatic carbocycles. The molecule has 114 valence electrons. The summed E-state index contributed by atoms with van der Waals surface area (Å²) in [4.78, 5) is 12.2. The second-order valence-corrected chi connectivity index (χ2v) is 6.45. The van der Waals surface area contributed by atoms with Gasteiger partial charge in [0.05, 0.1) is 5.56 Å². The first-order chi connectivity index (χ1) is 9.95. The lowest BCUT2D eigenvalue weighted by molar-refractivity contribution is 0.0915. The number of halogens is 2. The predicted octanol–water partition coefficient (Wildman–Crippen LogP) is 3.10. The van der Waals surface area contributed by atoms with Crippen LogP contribution in [0.15, 0.2) is 12.1 Å². The molecule has 4 unspecified atom stereocenters. The molecule has 2 aliphatic carbocycles. The van der Waals surface area contributed by atoms with Gasteiger partial charge in [0, 0.05) is 17.8 Å². The number of fused-ring (bicyclic) bond motifs is 2. The summed E-state index contributed by atoms with van der Waals surface area (Å²) < 4.78 is 26.3. The van der Waals surface area contributed by atoms with Crippen molar-refractivity contribution in [1.29, 1.82) is 0 Å². The molecule has 4 atom stereocenters. The fraction of sp³-hybridized carbons (Fsp3) is 0.562. The molecule has 0 heterocycles. The summed E-state index contributed by atoms with van der Waals surface area (Å²) in [7, 11) is 0. The summed E-state index contributed by atoms with van der Waals surface area (Å²) in [5.74, 6) is -0.548. The number of carbonyl (C=O) groups is 1. The van der Waals surface area contributed by atoms with Gasteiger partial charge in [-0.25, -0.2) is 8.78 Å². The molecular formula is C16H20F2N2O. The van der Waals surface area contributed by atoms with E-state index in [2.05, 4.69) is 5.32 Å². The Bertz CT molecular complexity index is 576. The van der Waals surface area contributed by atoms with Crippen molar-refractivity contribution >= 4 is 11.6 Å². The van der Waals surface area contributed by atoms with Crippen LogP contribution in [0.2, 0.25) is 0 Å². The van der Waals surface area contributed by atoms with Gasteiger partial charge < -0.3 is 11.1 Å². The van der Waals surface area contributed by atoms with E-state index in [-0.39, 0.29) is 17.3 Å². The highest BCUT2D eigenvalue weighted by Gasteiger charge is 2.42. The average molecular weight is 294 g/mol. The Morgan fingerprint density at radius 2 is 2.00 bits per heavy atom. The summed E-state index contributed by atoms with van der Waals surface area (Å²) in [6, 6.07) is 1.75. The minimum atomic E-state index is -1.05. The molecule has 0 spiro atoms. The van der Waals surface area contributed by atoms with Crippen molar-refractivity contribution < 1.29 is 13.6 Å². The number of nitrogens with two attached hydrogens (primary N) is 1. The van der Waals surface area contributed by atoms with Crippen LogP contribution in [-0.2, 0) is 0 Å². The number of carbonyl (C=O) groups excluding carboxylic acids is 1. The van der Waals surface area contributed by atoms with Crippen LogP contribution < -0.4 is 11.1 Å². The zero-order valence-electron chi connectivity index (χ0n) is 12.0. The number of amides is 1. The molecular weight excluding hydrogens is 274 g/mol. The molecule has 3 N–H and O–H groups in total. The summed E-state index contributed by atoms with van der Waals surface area (Å²) >= 11 is 0. The van der Waals surface area contributed by atoms with Crippen LogP contribution in [0.3, 0.4) is 0 Å². The molecule has 1 aromatic rings. The normalized spacial score (nSPS) is 28.6. The van der Waals surface area contributed by atoms with Crippen molar-refractivity contribution in [3.63, 3.8) is 0 Å². The number of nitrogens with one attached hydrogen (secondary N) is 1. The van der Waals surface area contributed by atoms with Crippen molar-refractivity contribution in [3.05, 3.63) is 29.3 Å². The zero-order chi connectivity index (χ0) is 15.1. The lowest BCUT2D eigenvalue weighted by atomic mass is 9.84. The number of hydrogen-bond acceptors (Lipinski definition) is 2. The zero-order valence-corrected chi connectivity index (χ0v) is 12.0. The smallest absolute Gasteiger partial charge is 0.253 e. The summed E-state index contributed by atoms with van der Waals surface area (Å²) in [5.41, 5.74) is 5.58. The topological polar surface area (TPSA) is 55.1 Å². The first-order valence-corrected chi connectivity index (χ1v) is 7.51. The molecule has 2 aliphatic rings.